The fourth-order valence-corrected chi connectivity index (χ4v) is 4.07. The molecule has 0 aliphatic heterocycles. The van der Waals surface area contributed by atoms with Crippen molar-refractivity contribution < 1.29 is 18.3 Å². The van der Waals surface area contributed by atoms with Crippen molar-refractivity contribution in [2.45, 2.75) is 13.5 Å². The normalized spacial score (nSPS) is 11.1. The largest absolute Gasteiger partial charge is 0.465 e. The van der Waals surface area contributed by atoms with Gasteiger partial charge < -0.3 is 4.74 Å². The Balaban J connectivity index is 1.87. The molecule has 0 N–H and O–H groups in total. The number of hydrogen-bond donors (Lipinski definition) is 0. The van der Waals surface area contributed by atoms with E-state index < -0.39 is 5.97 Å². The molecule has 0 radical (unpaired) electrons. The van der Waals surface area contributed by atoms with E-state index >= 15 is 0 Å². The number of benzene rings is 2. The number of hydrogen-bond acceptors (Lipinski definition) is 5. The van der Waals surface area contributed by atoms with Gasteiger partial charge in [-0.25, -0.2) is 18.4 Å². The summed E-state index contributed by atoms with van der Waals surface area (Å²) in [6.07, 6.45) is 4.98. The molecule has 0 saturated carbocycles. The van der Waals surface area contributed by atoms with Gasteiger partial charge in [0.1, 0.15) is 18.2 Å². The molecule has 0 unspecified atom stereocenters. The molecule has 0 aliphatic rings. The zero-order valence-corrected chi connectivity index (χ0v) is 18.8. The van der Waals surface area contributed by atoms with Gasteiger partial charge >= 0.3 is 5.97 Å². The average molecular weight is 470 g/mol. The zero-order valence-electron chi connectivity index (χ0n) is 18.8. The Kier molecular flexibility index (Phi) is 6.01. The van der Waals surface area contributed by atoms with Gasteiger partial charge in [0.25, 0.3) is 0 Å². The Hall–Kier alpha value is -4.46. The number of pyridine rings is 2. The van der Waals surface area contributed by atoms with Gasteiger partial charge in [0.05, 0.1) is 18.5 Å². The number of fused-ring (bicyclic) bond motifs is 1. The van der Waals surface area contributed by atoms with Gasteiger partial charge in [-0.05, 0) is 66.6 Å². The number of aromatic nitrogens is 4. The molecule has 0 bridgehead atoms. The molecular weight excluding hydrogens is 450 g/mol. The van der Waals surface area contributed by atoms with Gasteiger partial charge in [0.2, 0.25) is 0 Å². The van der Waals surface area contributed by atoms with Gasteiger partial charge in [0.15, 0.2) is 5.65 Å². The van der Waals surface area contributed by atoms with E-state index in [0.29, 0.717) is 22.3 Å². The van der Waals surface area contributed by atoms with Crippen LogP contribution in [0.1, 0.15) is 6.92 Å². The molecule has 174 valence electrons. The number of carbonyl (C=O) groups excluding carboxylic acids is 1. The van der Waals surface area contributed by atoms with Crippen LogP contribution in [0.2, 0.25) is 0 Å². The highest BCUT2D eigenvalue weighted by Gasteiger charge is 2.23. The fourth-order valence-electron chi connectivity index (χ4n) is 4.07. The van der Waals surface area contributed by atoms with Crippen LogP contribution in [0.15, 0.2) is 79.3 Å². The third kappa shape index (κ3) is 4.38. The average Bonchev–Trinajstić information content (AvgIpc) is 3.27. The molecule has 0 amide bonds. The standard InChI is InChI=1S/C27H20F2N4O2/c1-2-35-23(34)16-33-27-22(15-31-33)24(17-3-7-20(28)8-4-17)25(18-11-13-30-14-12-18)26(32-27)19-5-9-21(29)10-6-19/h3-15H,2,16H2,1H3. The Bertz CT molecular complexity index is 1500. The summed E-state index contributed by atoms with van der Waals surface area (Å²) in [7, 11) is 0. The molecule has 8 heteroatoms. The Morgan fingerprint density at radius 2 is 1.46 bits per heavy atom. The molecule has 3 heterocycles. The minimum atomic E-state index is -0.441. The summed E-state index contributed by atoms with van der Waals surface area (Å²) in [5.41, 5.74) is 4.77. The van der Waals surface area contributed by atoms with E-state index in [1.165, 1.54) is 28.9 Å². The van der Waals surface area contributed by atoms with Gasteiger partial charge in [-0.3, -0.25) is 9.78 Å². The minimum absolute atomic E-state index is 0.120. The Labute approximate surface area is 199 Å². The first-order valence-electron chi connectivity index (χ1n) is 11.0. The van der Waals surface area contributed by atoms with Gasteiger partial charge in [-0.2, -0.15) is 5.10 Å². The quantitative estimate of drug-likeness (QED) is 0.299. The van der Waals surface area contributed by atoms with E-state index in [2.05, 4.69) is 10.1 Å². The lowest BCUT2D eigenvalue weighted by Crippen LogP contribution is -2.15. The first kappa shape index (κ1) is 22.3. The van der Waals surface area contributed by atoms with Gasteiger partial charge in [-0.1, -0.05) is 12.1 Å². The van der Waals surface area contributed by atoms with Crippen LogP contribution in [-0.2, 0) is 16.1 Å². The van der Waals surface area contributed by atoms with E-state index in [1.54, 1.807) is 49.8 Å². The third-order valence-electron chi connectivity index (χ3n) is 5.59. The topological polar surface area (TPSA) is 69.9 Å². The molecule has 5 rings (SSSR count). The summed E-state index contributed by atoms with van der Waals surface area (Å²) < 4.78 is 34.2. The van der Waals surface area contributed by atoms with Crippen molar-refractivity contribution in [1.29, 1.82) is 0 Å². The van der Waals surface area contributed by atoms with Crippen molar-refractivity contribution in [1.82, 2.24) is 19.7 Å². The van der Waals surface area contributed by atoms with Crippen LogP contribution in [0.3, 0.4) is 0 Å². The molecule has 0 aliphatic carbocycles. The Morgan fingerprint density at radius 1 is 0.857 bits per heavy atom. The van der Waals surface area contributed by atoms with Crippen molar-refractivity contribution in [3.05, 3.63) is 90.9 Å². The molecule has 0 fully saturated rings. The van der Waals surface area contributed by atoms with E-state index in [1.807, 2.05) is 12.1 Å². The lowest BCUT2D eigenvalue weighted by Gasteiger charge is -2.17. The smallest absolute Gasteiger partial charge is 0.327 e. The lowest BCUT2D eigenvalue weighted by molar-refractivity contribution is -0.143. The van der Waals surface area contributed by atoms with Crippen LogP contribution in [0.25, 0.3) is 44.5 Å². The number of halogens is 2. The summed E-state index contributed by atoms with van der Waals surface area (Å²) in [6, 6.07) is 15.9. The second kappa shape index (κ2) is 9.42. The van der Waals surface area contributed by atoms with E-state index in [9.17, 15) is 13.6 Å². The molecule has 6 nitrogen and oxygen atoms in total. The summed E-state index contributed by atoms with van der Waals surface area (Å²) in [6.45, 7) is 1.86. The number of esters is 1. The van der Waals surface area contributed by atoms with Crippen molar-refractivity contribution in [3.63, 3.8) is 0 Å². The molecule has 5 aromatic rings. The maximum absolute atomic E-state index is 13.8. The third-order valence-corrected chi connectivity index (χ3v) is 5.59. The van der Waals surface area contributed by atoms with Crippen molar-refractivity contribution in [3.8, 4) is 33.5 Å². The van der Waals surface area contributed by atoms with E-state index in [-0.39, 0.29) is 24.8 Å². The maximum Gasteiger partial charge on any atom is 0.327 e. The molecule has 0 atom stereocenters. The van der Waals surface area contributed by atoms with Crippen LogP contribution < -0.4 is 0 Å². The predicted molar refractivity (Wildman–Crippen MR) is 128 cm³/mol. The van der Waals surface area contributed by atoms with Crippen LogP contribution in [-0.4, -0.2) is 32.3 Å². The summed E-state index contributed by atoms with van der Waals surface area (Å²) >= 11 is 0. The highest BCUT2D eigenvalue weighted by atomic mass is 19.1. The monoisotopic (exact) mass is 470 g/mol. The molecule has 35 heavy (non-hydrogen) atoms. The Morgan fingerprint density at radius 3 is 2.09 bits per heavy atom. The SMILES string of the molecule is CCOC(=O)Cn1ncc2c(-c3ccc(F)cc3)c(-c3ccncc3)c(-c3ccc(F)cc3)nc21. The van der Waals surface area contributed by atoms with Crippen LogP contribution >= 0.6 is 0 Å². The summed E-state index contributed by atoms with van der Waals surface area (Å²) in [4.78, 5) is 21.3. The van der Waals surface area contributed by atoms with E-state index in [4.69, 9.17) is 9.72 Å². The van der Waals surface area contributed by atoms with Crippen molar-refractivity contribution in [2.75, 3.05) is 6.61 Å². The number of ether oxygens (including phenoxy) is 1. The predicted octanol–water partition coefficient (Wildman–Crippen LogP) is 5.67. The maximum atomic E-state index is 13.8. The van der Waals surface area contributed by atoms with Crippen LogP contribution in [0.5, 0.6) is 0 Å². The number of carbonyl (C=O) groups is 1. The van der Waals surface area contributed by atoms with Crippen molar-refractivity contribution >= 4 is 17.0 Å². The first-order valence-corrected chi connectivity index (χ1v) is 11.0. The van der Waals surface area contributed by atoms with Gasteiger partial charge in [-0.15, -0.1) is 0 Å². The summed E-state index contributed by atoms with van der Waals surface area (Å²) in [5.74, 6) is -1.17. The molecule has 0 saturated heterocycles. The van der Waals surface area contributed by atoms with Crippen LogP contribution in [0.4, 0.5) is 8.78 Å². The van der Waals surface area contributed by atoms with Gasteiger partial charge in [0, 0.05) is 34.5 Å². The second-order valence-corrected chi connectivity index (χ2v) is 7.80. The highest BCUT2D eigenvalue weighted by molar-refractivity contribution is 6.06. The summed E-state index contributed by atoms with van der Waals surface area (Å²) in [5, 5.41) is 5.09. The van der Waals surface area contributed by atoms with Crippen LogP contribution in [0, 0.1) is 11.6 Å². The zero-order chi connectivity index (χ0) is 24.4. The molecule has 0 spiro atoms. The minimum Gasteiger partial charge on any atom is -0.465 e. The number of nitrogens with zero attached hydrogens (tertiary/aromatic N) is 4. The fraction of sp³-hybridized carbons (Fsp3) is 0.111. The molecular formula is C27H20F2N4O2. The van der Waals surface area contributed by atoms with E-state index in [0.717, 1.165) is 22.3 Å². The number of rotatable bonds is 6. The highest BCUT2D eigenvalue weighted by Crippen LogP contribution is 2.43. The molecule has 2 aromatic carbocycles. The van der Waals surface area contributed by atoms with Crippen molar-refractivity contribution in [2.24, 2.45) is 0 Å². The second-order valence-electron chi connectivity index (χ2n) is 7.80. The lowest BCUT2D eigenvalue weighted by atomic mass is 9.89. The molecule has 3 aromatic heterocycles. The first-order chi connectivity index (χ1) is 17.0.